The molecule has 0 spiro atoms. The monoisotopic (exact) mass is 401 g/mol. The van der Waals surface area contributed by atoms with Gasteiger partial charge in [0.1, 0.15) is 6.61 Å². The van der Waals surface area contributed by atoms with E-state index in [2.05, 4.69) is 10.1 Å². The van der Waals surface area contributed by atoms with Gasteiger partial charge in [0, 0.05) is 27.7 Å². The molecule has 0 atom stereocenters. The molecule has 0 unspecified atom stereocenters. The second kappa shape index (κ2) is 8.50. The number of rotatable bonds is 6. The summed E-state index contributed by atoms with van der Waals surface area (Å²) in [5.41, 5.74) is 4.48. The van der Waals surface area contributed by atoms with Crippen LogP contribution in [0.25, 0.3) is 6.08 Å². The molecule has 5 nitrogen and oxygen atoms in total. The average Bonchev–Trinajstić information content (AvgIpc) is 3.17. The van der Waals surface area contributed by atoms with Crippen molar-refractivity contribution in [2.24, 2.45) is 0 Å². The van der Waals surface area contributed by atoms with Crippen molar-refractivity contribution in [1.82, 2.24) is 14.8 Å². The maximum absolute atomic E-state index is 12.0. The molecule has 0 amide bonds. The topological polar surface area (TPSA) is 57.0 Å². The van der Waals surface area contributed by atoms with Gasteiger partial charge < -0.3 is 4.74 Å². The van der Waals surface area contributed by atoms with E-state index in [1.165, 1.54) is 17.4 Å². The number of esters is 1. The highest BCUT2D eigenvalue weighted by Crippen LogP contribution is 2.20. The number of ether oxygens (including phenoxy) is 1. The van der Waals surface area contributed by atoms with Gasteiger partial charge in [-0.2, -0.15) is 5.10 Å². The highest BCUT2D eigenvalue weighted by atomic mass is 35.5. The Morgan fingerprint density at radius 3 is 2.78 bits per heavy atom. The summed E-state index contributed by atoms with van der Waals surface area (Å²) in [4.78, 5) is 16.3. The molecular formula is C20H20ClN3O2S. The molecule has 0 aliphatic rings. The van der Waals surface area contributed by atoms with Gasteiger partial charge in [-0.3, -0.25) is 4.68 Å². The fourth-order valence-electron chi connectivity index (χ4n) is 2.71. The highest BCUT2D eigenvalue weighted by Gasteiger charge is 2.11. The van der Waals surface area contributed by atoms with E-state index in [9.17, 15) is 4.79 Å². The van der Waals surface area contributed by atoms with Crippen LogP contribution < -0.4 is 0 Å². The van der Waals surface area contributed by atoms with Crippen LogP contribution >= 0.6 is 22.9 Å². The molecule has 140 valence electrons. The lowest BCUT2D eigenvalue weighted by molar-refractivity contribution is -0.139. The van der Waals surface area contributed by atoms with E-state index < -0.39 is 5.97 Å². The van der Waals surface area contributed by atoms with E-state index in [0.29, 0.717) is 11.6 Å². The molecule has 0 aliphatic heterocycles. The molecule has 1 aromatic carbocycles. The quantitative estimate of drug-likeness (QED) is 0.443. The minimum Gasteiger partial charge on any atom is -0.456 e. The van der Waals surface area contributed by atoms with Gasteiger partial charge in [-0.05, 0) is 38.5 Å². The van der Waals surface area contributed by atoms with Crippen molar-refractivity contribution in [1.29, 1.82) is 0 Å². The fourth-order valence-corrected chi connectivity index (χ4v) is 3.51. The molecule has 3 rings (SSSR count). The largest absolute Gasteiger partial charge is 0.456 e. The Morgan fingerprint density at radius 2 is 2.07 bits per heavy atom. The lowest BCUT2D eigenvalue weighted by Gasteiger charge is -2.06. The minimum atomic E-state index is -0.404. The van der Waals surface area contributed by atoms with E-state index in [1.807, 2.05) is 55.1 Å². The number of carbonyl (C=O) groups excluding carboxylic acids is 1. The second-order valence-electron chi connectivity index (χ2n) is 6.13. The molecule has 0 saturated carbocycles. The first kappa shape index (κ1) is 19.3. The Kier molecular flexibility index (Phi) is 6.08. The molecule has 0 bridgehead atoms. The first-order valence-corrected chi connectivity index (χ1v) is 9.73. The zero-order valence-electron chi connectivity index (χ0n) is 15.4. The number of aromatic nitrogens is 3. The average molecular weight is 402 g/mol. The molecule has 0 saturated heterocycles. The molecule has 0 aliphatic carbocycles. The number of thiazole rings is 1. The molecule has 3 aromatic rings. The predicted molar refractivity (Wildman–Crippen MR) is 108 cm³/mol. The van der Waals surface area contributed by atoms with Gasteiger partial charge in [0.05, 0.1) is 22.9 Å². The van der Waals surface area contributed by atoms with E-state index in [-0.39, 0.29) is 6.61 Å². The van der Waals surface area contributed by atoms with Crippen molar-refractivity contribution < 1.29 is 9.53 Å². The van der Waals surface area contributed by atoms with Crippen molar-refractivity contribution in [2.75, 3.05) is 0 Å². The number of halogens is 1. The lowest BCUT2D eigenvalue weighted by Crippen LogP contribution is -2.04. The lowest BCUT2D eigenvalue weighted by atomic mass is 10.1. The molecule has 2 aromatic heterocycles. The van der Waals surface area contributed by atoms with Crippen LogP contribution in [-0.4, -0.2) is 20.7 Å². The van der Waals surface area contributed by atoms with Crippen molar-refractivity contribution >= 4 is 35.0 Å². The standard InChI is InChI=1S/C20H20ClN3O2S/c1-13-18(8-9-20(25)26-11-17-12-27-15(3)22-17)14(2)24(23-13)10-16-6-4-5-7-19(16)21/h4-9,12H,10-11H2,1-3H3/b9-8+. The summed E-state index contributed by atoms with van der Waals surface area (Å²) in [6.07, 6.45) is 3.17. The van der Waals surface area contributed by atoms with Crippen LogP contribution in [0.15, 0.2) is 35.7 Å². The number of hydrogen-bond donors (Lipinski definition) is 0. The number of benzene rings is 1. The van der Waals surface area contributed by atoms with Gasteiger partial charge >= 0.3 is 5.97 Å². The van der Waals surface area contributed by atoms with Gasteiger partial charge in [0.15, 0.2) is 0 Å². The summed E-state index contributed by atoms with van der Waals surface area (Å²) >= 11 is 7.78. The van der Waals surface area contributed by atoms with Crippen LogP contribution in [0.2, 0.25) is 5.02 Å². The number of aryl methyl sites for hydroxylation is 2. The van der Waals surface area contributed by atoms with Crippen LogP contribution in [-0.2, 0) is 22.7 Å². The first-order valence-electron chi connectivity index (χ1n) is 8.47. The smallest absolute Gasteiger partial charge is 0.331 e. The van der Waals surface area contributed by atoms with E-state index in [4.69, 9.17) is 16.3 Å². The van der Waals surface area contributed by atoms with Gasteiger partial charge in [-0.1, -0.05) is 29.8 Å². The van der Waals surface area contributed by atoms with Gasteiger partial charge in [0.25, 0.3) is 0 Å². The van der Waals surface area contributed by atoms with Gasteiger partial charge in [-0.15, -0.1) is 11.3 Å². The summed E-state index contributed by atoms with van der Waals surface area (Å²) < 4.78 is 7.12. The van der Waals surface area contributed by atoms with E-state index in [0.717, 1.165) is 33.2 Å². The summed E-state index contributed by atoms with van der Waals surface area (Å²) in [7, 11) is 0. The van der Waals surface area contributed by atoms with Crippen molar-refractivity contribution in [2.45, 2.75) is 33.9 Å². The Labute approximate surface area is 167 Å². The molecular weight excluding hydrogens is 382 g/mol. The van der Waals surface area contributed by atoms with Crippen molar-refractivity contribution in [3.05, 3.63) is 74.0 Å². The van der Waals surface area contributed by atoms with E-state index >= 15 is 0 Å². The summed E-state index contributed by atoms with van der Waals surface area (Å²) in [6, 6.07) is 7.70. The molecule has 2 heterocycles. The Bertz CT molecular complexity index is 991. The molecule has 0 N–H and O–H groups in total. The number of nitrogens with zero attached hydrogens (tertiary/aromatic N) is 3. The maximum Gasteiger partial charge on any atom is 0.331 e. The second-order valence-corrected chi connectivity index (χ2v) is 7.60. The molecule has 0 radical (unpaired) electrons. The Morgan fingerprint density at radius 1 is 1.30 bits per heavy atom. The number of hydrogen-bond acceptors (Lipinski definition) is 5. The van der Waals surface area contributed by atoms with Gasteiger partial charge in [0.2, 0.25) is 0 Å². The van der Waals surface area contributed by atoms with Crippen LogP contribution in [0, 0.1) is 20.8 Å². The Balaban J connectivity index is 1.67. The SMILES string of the molecule is Cc1nc(COC(=O)/C=C/c2c(C)nn(Cc3ccccc3Cl)c2C)cs1. The first-order chi connectivity index (χ1) is 12.9. The normalized spacial score (nSPS) is 11.3. The third-order valence-corrected chi connectivity index (χ3v) is 5.32. The third kappa shape index (κ3) is 4.84. The van der Waals surface area contributed by atoms with Crippen LogP contribution in [0.5, 0.6) is 0 Å². The zero-order valence-corrected chi connectivity index (χ0v) is 17.0. The van der Waals surface area contributed by atoms with Crippen molar-refractivity contribution in [3.63, 3.8) is 0 Å². The van der Waals surface area contributed by atoms with Crippen LogP contribution in [0.4, 0.5) is 0 Å². The summed E-state index contributed by atoms with van der Waals surface area (Å²) in [5, 5.41) is 8.12. The molecule has 0 fully saturated rings. The maximum atomic E-state index is 12.0. The van der Waals surface area contributed by atoms with Crippen molar-refractivity contribution in [3.8, 4) is 0 Å². The highest BCUT2D eigenvalue weighted by molar-refractivity contribution is 7.09. The zero-order chi connectivity index (χ0) is 19.4. The minimum absolute atomic E-state index is 0.178. The van der Waals surface area contributed by atoms with E-state index in [1.54, 1.807) is 6.08 Å². The molecule has 7 heteroatoms. The summed E-state index contributed by atoms with van der Waals surface area (Å²) in [6.45, 7) is 6.56. The fraction of sp³-hybridized carbons (Fsp3) is 0.250. The Hall–Kier alpha value is -2.44. The van der Waals surface area contributed by atoms with Crippen LogP contribution in [0.3, 0.4) is 0 Å². The predicted octanol–water partition coefficient (Wildman–Crippen LogP) is 4.72. The molecule has 27 heavy (non-hydrogen) atoms. The van der Waals surface area contributed by atoms with Crippen LogP contribution in [0.1, 0.15) is 33.2 Å². The number of carbonyl (C=O) groups is 1. The van der Waals surface area contributed by atoms with Gasteiger partial charge in [-0.25, -0.2) is 9.78 Å². The third-order valence-electron chi connectivity index (χ3n) is 4.13. The summed E-state index contributed by atoms with van der Waals surface area (Å²) in [5.74, 6) is -0.404.